The number of nitriles is 1. The minimum atomic E-state index is -4.64. The van der Waals surface area contributed by atoms with Crippen LogP contribution in [0.5, 0.6) is 5.75 Å². The number of aliphatic carboxylic acids is 1. The maximum absolute atomic E-state index is 13.5. The third-order valence-corrected chi connectivity index (χ3v) is 6.19. The van der Waals surface area contributed by atoms with Crippen molar-refractivity contribution in [3.63, 3.8) is 0 Å². The Morgan fingerprint density at radius 2 is 1.85 bits per heavy atom. The van der Waals surface area contributed by atoms with Crippen LogP contribution in [0.25, 0.3) is 22.2 Å². The molecule has 0 aliphatic heterocycles. The number of anilines is 1. The molecule has 3 aromatic carbocycles. The number of pyridine rings is 1. The minimum absolute atomic E-state index is 0.0103. The molecule has 0 atom stereocenters. The molecule has 0 spiro atoms. The van der Waals surface area contributed by atoms with Crippen LogP contribution in [0.3, 0.4) is 0 Å². The fraction of sp³-hybridized carbons (Fsp3) is 0.143. The van der Waals surface area contributed by atoms with Crippen molar-refractivity contribution >= 4 is 40.1 Å². The second-order valence-electron chi connectivity index (χ2n) is 8.39. The number of carboxylic acid groups (broad SMARTS) is 1. The molecule has 4 rings (SSSR count). The number of carbonyl (C=O) groups is 2. The SMILES string of the molecule is CN(C(=O)c1ccc(Cl)c(-c2nc3cccc(C(F)(F)F)c3cc2C#N)c1)c1ccccc1OCCC(=O)O. The molecule has 0 aliphatic rings. The van der Waals surface area contributed by atoms with E-state index in [-0.39, 0.29) is 51.3 Å². The molecule has 0 bridgehead atoms. The van der Waals surface area contributed by atoms with E-state index in [4.69, 9.17) is 21.4 Å². The number of carbonyl (C=O) groups excluding carboxylic acids is 1. The first kappa shape index (κ1) is 27.4. The summed E-state index contributed by atoms with van der Waals surface area (Å²) in [6, 6.07) is 17.4. The van der Waals surface area contributed by atoms with Gasteiger partial charge >= 0.3 is 12.1 Å². The highest BCUT2D eigenvalue weighted by Crippen LogP contribution is 2.38. The molecule has 198 valence electrons. The van der Waals surface area contributed by atoms with Crippen LogP contribution in [-0.4, -0.2) is 35.6 Å². The maximum Gasteiger partial charge on any atom is 0.417 e. The molecule has 1 N–H and O–H groups in total. The van der Waals surface area contributed by atoms with Gasteiger partial charge in [0.1, 0.15) is 11.8 Å². The Kier molecular flexibility index (Phi) is 7.74. The molecule has 7 nitrogen and oxygen atoms in total. The Morgan fingerprint density at radius 3 is 2.54 bits per heavy atom. The summed E-state index contributed by atoms with van der Waals surface area (Å²) in [6.07, 6.45) is -4.87. The van der Waals surface area contributed by atoms with Crippen molar-refractivity contribution in [3.05, 3.63) is 88.4 Å². The van der Waals surface area contributed by atoms with E-state index < -0.39 is 23.6 Å². The summed E-state index contributed by atoms with van der Waals surface area (Å²) in [5.41, 5.74) is -0.289. The topological polar surface area (TPSA) is 104 Å². The van der Waals surface area contributed by atoms with E-state index in [9.17, 15) is 28.0 Å². The summed E-state index contributed by atoms with van der Waals surface area (Å²) in [4.78, 5) is 29.9. The van der Waals surface area contributed by atoms with Gasteiger partial charge in [-0.25, -0.2) is 4.98 Å². The largest absolute Gasteiger partial charge is 0.491 e. The fourth-order valence-electron chi connectivity index (χ4n) is 3.98. The van der Waals surface area contributed by atoms with Crippen LogP contribution in [0.4, 0.5) is 18.9 Å². The first-order chi connectivity index (χ1) is 18.5. The number of aromatic nitrogens is 1. The van der Waals surface area contributed by atoms with Gasteiger partial charge in [-0.2, -0.15) is 18.4 Å². The third-order valence-electron chi connectivity index (χ3n) is 5.86. The van der Waals surface area contributed by atoms with Crippen LogP contribution in [0, 0.1) is 11.3 Å². The molecule has 0 saturated heterocycles. The van der Waals surface area contributed by atoms with Gasteiger partial charge < -0.3 is 14.7 Å². The molecule has 39 heavy (non-hydrogen) atoms. The van der Waals surface area contributed by atoms with E-state index in [2.05, 4.69) is 4.98 Å². The van der Waals surface area contributed by atoms with Crippen molar-refractivity contribution in [2.45, 2.75) is 12.6 Å². The smallest absolute Gasteiger partial charge is 0.417 e. The highest BCUT2D eigenvalue weighted by molar-refractivity contribution is 6.33. The van der Waals surface area contributed by atoms with Gasteiger partial charge in [-0.15, -0.1) is 0 Å². The van der Waals surface area contributed by atoms with Gasteiger partial charge in [0.15, 0.2) is 0 Å². The highest BCUT2D eigenvalue weighted by Gasteiger charge is 2.33. The van der Waals surface area contributed by atoms with Gasteiger partial charge in [-0.1, -0.05) is 29.8 Å². The summed E-state index contributed by atoms with van der Waals surface area (Å²) >= 11 is 6.40. The van der Waals surface area contributed by atoms with Gasteiger partial charge in [-0.3, -0.25) is 9.59 Å². The molecular formula is C28H19ClF3N3O4. The molecule has 1 aromatic heterocycles. The molecule has 1 heterocycles. The number of benzene rings is 3. The maximum atomic E-state index is 13.5. The van der Waals surface area contributed by atoms with Crippen molar-refractivity contribution in [1.29, 1.82) is 5.26 Å². The number of halogens is 4. The predicted molar refractivity (Wildman–Crippen MR) is 139 cm³/mol. The zero-order chi connectivity index (χ0) is 28.3. The van der Waals surface area contributed by atoms with E-state index in [1.54, 1.807) is 24.3 Å². The lowest BCUT2D eigenvalue weighted by molar-refractivity contribution is -0.138. The van der Waals surface area contributed by atoms with E-state index >= 15 is 0 Å². The summed E-state index contributed by atoms with van der Waals surface area (Å²) in [5.74, 6) is -1.22. The highest BCUT2D eigenvalue weighted by atomic mass is 35.5. The summed E-state index contributed by atoms with van der Waals surface area (Å²) < 4.78 is 46.1. The molecular weight excluding hydrogens is 535 g/mol. The first-order valence-corrected chi connectivity index (χ1v) is 11.8. The average molecular weight is 554 g/mol. The monoisotopic (exact) mass is 553 g/mol. The lowest BCUT2D eigenvalue weighted by Gasteiger charge is -2.21. The Bertz CT molecular complexity index is 1630. The van der Waals surface area contributed by atoms with Gasteiger partial charge in [0.05, 0.1) is 46.1 Å². The van der Waals surface area contributed by atoms with Crippen molar-refractivity contribution in [1.82, 2.24) is 4.98 Å². The quantitative estimate of drug-likeness (QED) is 0.277. The van der Waals surface area contributed by atoms with Crippen molar-refractivity contribution in [2.75, 3.05) is 18.6 Å². The minimum Gasteiger partial charge on any atom is -0.491 e. The standard InChI is InChI=1S/C28H19ClF3N3O4/c1-35(23-7-2-3-8-24(23)39-12-11-25(36)37)27(38)16-9-10-21(29)19(13-16)26-17(15-33)14-18-20(28(30,31)32)5-4-6-22(18)34-26/h2-10,13-14H,11-12H2,1H3,(H,36,37). The molecule has 0 aliphatic carbocycles. The second kappa shape index (κ2) is 11.0. The lowest BCUT2D eigenvalue weighted by atomic mass is 9.99. The predicted octanol–water partition coefficient (Wildman–Crippen LogP) is 6.58. The number of nitrogens with zero attached hydrogens (tertiary/aromatic N) is 3. The number of para-hydroxylation sites is 2. The molecule has 0 fully saturated rings. The van der Waals surface area contributed by atoms with Crippen LogP contribution in [0.15, 0.2) is 66.7 Å². The number of hydrogen-bond acceptors (Lipinski definition) is 5. The van der Waals surface area contributed by atoms with E-state index in [0.717, 1.165) is 12.1 Å². The summed E-state index contributed by atoms with van der Waals surface area (Å²) in [5, 5.41) is 18.5. The van der Waals surface area contributed by atoms with Gasteiger partial charge in [-0.05, 0) is 48.5 Å². The fourth-order valence-corrected chi connectivity index (χ4v) is 4.19. The number of fused-ring (bicyclic) bond motifs is 1. The van der Waals surface area contributed by atoms with Gasteiger partial charge in [0.2, 0.25) is 0 Å². The van der Waals surface area contributed by atoms with Crippen LogP contribution in [0.1, 0.15) is 27.9 Å². The molecule has 0 radical (unpaired) electrons. The molecule has 4 aromatic rings. The van der Waals surface area contributed by atoms with Crippen LogP contribution in [-0.2, 0) is 11.0 Å². The van der Waals surface area contributed by atoms with Crippen LogP contribution in [0.2, 0.25) is 5.02 Å². The summed E-state index contributed by atoms with van der Waals surface area (Å²) in [7, 11) is 1.50. The van der Waals surface area contributed by atoms with Crippen molar-refractivity contribution in [3.8, 4) is 23.1 Å². The van der Waals surface area contributed by atoms with E-state index in [1.165, 1.54) is 42.3 Å². The van der Waals surface area contributed by atoms with Crippen LogP contribution >= 0.6 is 11.6 Å². The molecule has 11 heteroatoms. The van der Waals surface area contributed by atoms with E-state index in [1.807, 2.05) is 6.07 Å². The van der Waals surface area contributed by atoms with Gasteiger partial charge in [0.25, 0.3) is 5.91 Å². The Labute approximate surface area is 225 Å². The number of ether oxygens (including phenoxy) is 1. The molecule has 0 unspecified atom stereocenters. The summed E-state index contributed by atoms with van der Waals surface area (Å²) in [6.45, 7) is -0.0971. The number of amides is 1. The zero-order valence-electron chi connectivity index (χ0n) is 20.3. The normalized spacial score (nSPS) is 11.2. The van der Waals surface area contributed by atoms with Crippen molar-refractivity contribution < 1.29 is 32.6 Å². The number of alkyl halides is 3. The van der Waals surface area contributed by atoms with Crippen molar-refractivity contribution in [2.24, 2.45) is 0 Å². The van der Waals surface area contributed by atoms with E-state index in [0.29, 0.717) is 11.4 Å². The molecule has 1 amide bonds. The van der Waals surface area contributed by atoms with Crippen LogP contribution < -0.4 is 9.64 Å². The number of hydrogen-bond donors (Lipinski definition) is 1. The Balaban J connectivity index is 1.74. The first-order valence-electron chi connectivity index (χ1n) is 11.4. The lowest BCUT2D eigenvalue weighted by Crippen LogP contribution is -2.27. The number of carboxylic acids is 1. The third kappa shape index (κ3) is 5.78. The Morgan fingerprint density at radius 1 is 1.10 bits per heavy atom. The Hall–Kier alpha value is -4.62. The second-order valence-corrected chi connectivity index (χ2v) is 8.79. The van der Waals surface area contributed by atoms with Gasteiger partial charge in [0, 0.05) is 23.6 Å². The molecule has 0 saturated carbocycles. The average Bonchev–Trinajstić information content (AvgIpc) is 2.91. The zero-order valence-corrected chi connectivity index (χ0v) is 21.0. The number of rotatable bonds is 7.